The highest BCUT2D eigenvalue weighted by atomic mass is 32.1. The number of hydrogen-bond acceptors (Lipinski definition) is 6. The van der Waals surface area contributed by atoms with Crippen molar-refractivity contribution in [1.29, 1.82) is 0 Å². The molecule has 2 aromatic heterocycles. The van der Waals surface area contributed by atoms with Crippen LogP contribution in [0, 0.1) is 6.92 Å². The van der Waals surface area contributed by atoms with E-state index in [0.29, 0.717) is 6.61 Å². The fraction of sp³-hybridized carbons (Fsp3) is 0.300. The first kappa shape index (κ1) is 18.4. The molecule has 3 aromatic rings. The van der Waals surface area contributed by atoms with E-state index in [0.717, 1.165) is 40.8 Å². The second-order valence-corrected chi connectivity index (χ2v) is 7.27. The zero-order valence-electron chi connectivity index (χ0n) is 15.4. The minimum Gasteiger partial charge on any atom is -0.491 e. The van der Waals surface area contributed by atoms with E-state index in [1.807, 2.05) is 23.6 Å². The highest BCUT2D eigenvalue weighted by Gasteiger charge is 2.11. The van der Waals surface area contributed by atoms with Crippen LogP contribution in [0.1, 0.15) is 12.0 Å². The Morgan fingerprint density at radius 1 is 1.23 bits per heavy atom. The maximum absolute atomic E-state index is 5.94. The van der Waals surface area contributed by atoms with Crippen LogP contribution in [0.4, 0.5) is 10.8 Å². The van der Waals surface area contributed by atoms with Crippen molar-refractivity contribution in [3.8, 4) is 17.0 Å². The van der Waals surface area contributed by atoms with Crippen molar-refractivity contribution in [2.24, 2.45) is 0 Å². The van der Waals surface area contributed by atoms with Gasteiger partial charge in [-0.15, -0.1) is 11.3 Å². The summed E-state index contributed by atoms with van der Waals surface area (Å²) in [6.07, 6.45) is 4.51. The molecule has 0 saturated carbocycles. The summed E-state index contributed by atoms with van der Waals surface area (Å²) in [7, 11) is 4.13. The van der Waals surface area contributed by atoms with Crippen molar-refractivity contribution in [3.05, 3.63) is 53.7 Å². The first-order chi connectivity index (χ1) is 12.6. The third-order valence-electron chi connectivity index (χ3n) is 3.84. The van der Waals surface area contributed by atoms with E-state index in [9.17, 15) is 0 Å². The molecule has 0 radical (unpaired) electrons. The molecule has 0 aliphatic heterocycles. The number of ether oxygens (including phenoxy) is 1. The Labute approximate surface area is 158 Å². The molecule has 136 valence electrons. The summed E-state index contributed by atoms with van der Waals surface area (Å²) < 4.78 is 5.94. The Balaban J connectivity index is 1.70. The van der Waals surface area contributed by atoms with Crippen LogP contribution in [0.25, 0.3) is 11.3 Å². The van der Waals surface area contributed by atoms with Gasteiger partial charge in [-0.05, 0) is 51.2 Å². The molecule has 0 atom stereocenters. The van der Waals surface area contributed by atoms with Crippen molar-refractivity contribution in [2.45, 2.75) is 13.3 Å². The summed E-state index contributed by atoms with van der Waals surface area (Å²) in [5.74, 6) is 0.777. The predicted molar refractivity (Wildman–Crippen MR) is 108 cm³/mol. The maximum Gasteiger partial charge on any atom is 0.187 e. The molecule has 0 saturated heterocycles. The number of hydrogen-bond donors (Lipinski definition) is 1. The summed E-state index contributed by atoms with van der Waals surface area (Å²) >= 11 is 1.58. The molecule has 0 fully saturated rings. The van der Waals surface area contributed by atoms with Gasteiger partial charge < -0.3 is 15.0 Å². The van der Waals surface area contributed by atoms with Gasteiger partial charge in [0.15, 0.2) is 5.13 Å². The molecule has 6 heteroatoms. The largest absolute Gasteiger partial charge is 0.491 e. The molecule has 3 rings (SSSR count). The average molecular weight is 369 g/mol. The Kier molecular flexibility index (Phi) is 6.20. The van der Waals surface area contributed by atoms with E-state index in [4.69, 9.17) is 9.72 Å². The second kappa shape index (κ2) is 8.78. The molecule has 0 spiro atoms. The van der Waals surface area contributed by atoms with Crippen LogP contribution < -0.4 is 10.1 Å². The summed E-state index contributed by atoms with van der Waals surface area (Å²) in [5, 5.41) is 6.27. The van der Waals surface area contributed by atoms with Crippen LogP contribution in [0.3, 0.4) is 0 Å². The van der Waals surface area contributed by atoms with E-state index in [-0.39, 0.29) is 0 Å². The predicted octanol–water partition coefficient (Wildman–Crippen LogP) is 4.59. The maximum atomic E-state index is 5.94. The van der Waals surface area contributed by atoms with E-state index < -0.39 is 0 Å². The van der Waals surface area contributed by atoms with Gasteiger partial charge in [-0.1, -0.05) is 12.1 Å². The van der Waals surface area contributed by atoms with Crippen LogP contribution >= 0.6 is 11.3 Å². The topological polar surface area (TPSA) is 50.3 Å². The molecule has 1 N–H and O–H groups in total. The van der Waals surface area contributed by atoms with Gasteiger partial charge in [0, 0.05) is 29.4 Å². The van der Waals surface area contributed by atoms with Crippen molar-refractivity contribution in [2.75, 3.05) is 32.6 Å². The normalized spacial score (nSPS) is 10.9. The molecular weight excluding hydrogens is 344 g/mol. The number of pyridine rings is 1. The standard InChI is InChI=1S/C20H24N4OS/c1-15-6-4-7-16(12-15)22-20-23-18(14-26-20)17-8-9-21-13-19(17)25-11-5-10-24(2)3/h4,6-9,12-14H,5,10-11H2,1-3H3,(H,22,23). The van der Waals surface area contributed by atoms with Gasteiger partial charge in [0.05, 0.1) is 18.5 Å². The third kappa shape index (κ3) is 5.03. The molecule has 0 amide bonds. The molecule has 2 heterocycles. The highest BCUT2D eigenvalue weighted by molar-refractivity contribution is 7.14. The number of thiazole rings is 1. The van der Waals surface area contributed by atoms with Crippen LogP contribution in [0.2, 0.25) is 0 Å². The van der Waals surface area contributed by atoms with Gasteiger partial charge in [0.2, 0.25) is 0 Å². The smallest absolute Gasteiger partial charge is 0.187 e. The monoisotopic (exact) mass is 368 g/mol. The van der Waals surface area contributed by atoms with E-state index in [2.05, 4.69) is 48.4 Å². The second-order valence-electron chi connectivity index (χ2n) is 6.41. The number of anilines is 2. The summed E-state index contributed by atoms with van der Waals surface area (Å²) in [6, 6.07) is 10.2. The van der Waals surface area contributed by atoms with Gasteiger partial charge in [-0.2, -0.15) is 0 Å². The number of nitrogens with zero attached hydrogens (tertiary/aromatic N) is 3. The van der Waals surface area contributed by atoms with E-state index >= 15 is 0 Å². The first-order valence-corrected chi connectivity index (χ1v) is 9.51. The third-order valence-corrected chi connectivity index (χ3v) is 4.60. The molecule has 0 bridgehead atoms. The molecular formula is C20H24N4OS. The van der Waals surface area contributed by atoms with Crippen LogP contribution in [-0.4, -0.2) is 42.1 Å². The lowest BCUT2D eigenvalue weighted by atomic mass is 10.2. The van der Waals surface area contributed by atoms with Crippen molar-refractivity contribution < 1.29 is 4.74 Å². The van der Waals surface area contributed by atoms with E-state index in [1.165, 1.54) is 5.56 Å². The zero-order chi connectivity index (χ0) is 18.4. The molecule has 0 aliphatic carbocycles. The molecule has 26 heavy (non-hydrogen) atoms. The molecule has 1 aromatic carbocycles. The van der Waals surface area contributed by atoms with Gasteiger partial charge in [-0.3, -0.25) is 4.98 Å². The Bertz CT molecular complexity index is 847. The van der Waals surface area contributed by atoms with Gasteiger partial charge in [-0.25, -0.2) is 4.98 Å². The minimum atomic E-state index is 0.662. The summed E-state index contributed by atoms with van der Waals surface area (Å²) in [6.45, 7) is 3.74. The average Bonchev–Trinajstić information content (AvgIpc) is 3.07. The number of benzene rings is 1. The quantitative estimate of drug-likeness (QED) is 0.590. The van der Waals surface area contributed by atoms with Gasteiger partial charge >= 0.3 is 0 Å². The number of nitrogens with one attached hydrogen (secondary N) is 1. The fourth-order valence-corrected chi connectivity index (χ4v) is 3.30. The number of rotatable bonds is 8. The van der Waals surface area contributed by atoms with Crippen LogP contribution in [-0.2, 0) is 0 Å². The number of aryl methyl sites for hydroxylation is 1. The molecule has 0 unspecified atom stereocenters. The van der Waals surface area contributed by atoms with Crippen molar-refractivity contribution in [3.63, 3.8) is 0 Å². The SMILES string of the molecule is Cc1cccc(Nc2nc(-c3ccncc3OCCCN(C)C)cs2)c1. The highest BCUT2D eigenvalue weighted by Crippen LogP contribution is 2.32. The number of aromatic nitrogens is 2. The van der Waals surface area contributed by atoms with Crippen LogP contribution in [0.15, 0.2) is 48.1 Å². The Morgan fingerprint density at radius 2 is 2.12 bits per heavy atom. The lowest BCUT2D eigenvalue weighted by molar-refractivity contribution is 0.281. The van der Waals surface area contributed by atoms with Crippen molar-refractivity contribution in [1.82, 2.24) is 14.9 Å². The zero-order valence-corrected chi connectivity index (χ0v) is 16.2. The Hall–Kier alpha value is -2.44. The summed E-state index contributed by atoms with van der Waals surface area (Å²) in [5.41, 5.74) is 4.13. The van der Waals surface area contributed by atoms with E-state index in [1.54, 1.807) is 23.7 Å². The van der Waals surface area contributed by atoms with Crippen molar-refractivity contribution >= 4 is 22.2 Å². The van der Waals surface area contributed by atoms with Gasteiger partial charge in [0.1, 0.15) is 5.75 Å². The summed E-state index contributed by atoms with van der Waals surface area (Å²) in [4.78, 5) is 11.1. The Morgan fingerprint density at radius 3 is 2.92 bits per heavy atom. The van der Waals surface area contributed by atoms with Gasteiger partial charge in [0.25, 0.3) is 0 Å². The van der Waals surface area contributed by atoms with Crippen LogP contribution in [0.5, 0.6) is 5.75 Å². The minimum absolute atomic E-state index is 0.662. The molecule has 0 aliphatic rings. The lowest BCUT2D eigenvalue weighted by Gasteiger charge is -2.12. The lowest BCUT2D eigenvalue weighted by Crippen LogP contribution is -2.15. The fourth-order valence-electron chi connectivity index (χ4n) is 2.57. The molecule has 5 nitrogen and oxygen atoms in total. The first-order valence-electron chi connectivity index (χ1n) is 8.63.